The summed E-state index contributed by atoms with van der Waals surface area (Å²) in [5, 5.41) is 12.1. The summed E-state index contributed by atoms with van der Waals surface area (Å²) in [5.41, 5.74) is 1.50. The van der Waals surface area contributed by atoms with E-state index in [2.05, 4.69) is 39.4 Å². The van der Waals surface area contributed by atoms with Crippen LogP contribution in [0.25, 0.3) is 0 Å². The van der Waals surface area contributed by atoms with E-state index < -0.39 is 0 Å². The molecule has 1 atom stereocenters. The number of benzene rings is 1. The molecule has 1 aliphatic rings. The van der Waals surface area contributed by atoms with Crippen LogP contribution in [0.5, 0.6) is 0 Å². The molecule has 1 N–H and O–H groups in total. The molecular formula is C19H26N4O. The van der Waals surface area contributed by atoms with Crippen molar-refractivity contribution in [2.75, 3.05) is 26.2 Å². The second-order valence-corrected chi connectivity index (χ2v) is 6.24. The molecule has 5 heteroatoms. The highest BCUT2D eigenvalue weighted by Crippen LogP contribution is 2.10. The smallest absolute Gasteiger partial charge is 0.263 e. The van der Waals surface area contributed by atoms with Gasteiger partial charge >= 0.3 is 0 Å². The zero-order valence-corrected chi connectivity index (χ0v) is 14.5. The SMILES string of the molecule is CCC(C)NC(=O)/C(C#N)=C\N1CCN(Cc2ccccc2)CC1. The summed E-state index contributed by atoms with van der Waals surface area (Å²) in [6.07, 6.45) is 2.56. The minimum absolute atomic E-state index is 0.0805. The molecule has 0 aliphatic carbocycles. The average Bonchev–Trinajstić information content (AvgIpc) is 2.61. The van der Waals surface area contributed by atoms with Crippen molar-refractivity contribution >= 4 is 5.91 Å². The van der Waals surface area contributed by atoms with Crippen LogP contribution < -0.4 is 5.32 Å². The van der Waals surface area contributed by atoms with Crippen molar-refractivity contribution in [2.45, 2.75) is 32.9 Å². The average molecular weight is 326 g/mol. The summed E-state index contributed by atoms with van der Waals surface area (Å²) >= 11 is 0. The summed E-state index contributed by atoms with van der Waals surface area (Å²) < 4.78 is 0. The normalized spacial score (nSPS) is 17.2. The third kappa shape index (κ3) is 5.39. The van der Waals surface area contributed by atoms with E-state index in [-0.39, 0.29) is 17.5 Å². The summed E-state index contributed by atoms with van der Waals surface area (Å²) in [5.74, 6) is -0.279. The van der Waals surface area contributed by atoms with Gasteiger partial charge in [0.2, 0.25) is 0 Å². The highest BCUT2D eigenvalue weighted by molar-refractivity contribution is 5.97. The maximum atomic E-state index is 12.1. The summed E-state index contributed by atoms with van der Waals surface area (Å²) in [6, 6.07) is 12.5. The van der Waals surface area contributed by atoms with Crippen LogP contribution in [0.15, 0.2) is 42.1 Å². The first-order valence-corrected chi connectivity index (χ1v) is 8.55. The van der Waals surface area contributed by atoms with Crippen LogP contribution in [0.3, 0.4) is 0 Å². The van der Waals surface area contributed by atoms with Crippen molar-refractivity contribution in [1.29, 1.82) is 5.26 Å². The molecular weight excluding hydrogens is 300 g/mol. The molecule has 0 spiro atoms. The first-order chi connectivity index (χ1) is 11.6. The van der Waals surface area contributed by atoms with Gasteiger partial charge in [-0.05, 0) is 18.9 Å². The van der Waals surface area contributed by atoms with Crippen LogP contribution in [0.4, 0.5) is 0 Å². The van der Waals surface area contributed by atoms with Gasteiger partial charge < -0.3 is 10.2 Å². The van der Waals surface area contributed by atoms with Gasteiger partial charge in [0, 0.05) is 45.0 Å². The molecule has 0 saturated carbocycles. The third-order valence-corrected chi connectivity index (χ3v) is 4.32. The van der Waals surface area contributed by atoms with Crippen LogP contribution in [0.1, 0.15) is 25.8 Å². The van der Waals surface area contributed by atoms with E-state index in [1.165, 1.54) is 5.56 Å². The van der Waals surface area contributed by atoms with Gasteiger partial charge in [-0.3, -0.25) is 9.69 Å². The van der Waals surface area contributed by atoms with Crippen molar-refractivity contribution in [3.05, 3.63) is 47.7 Å². The molecule has 0 aromatic heterocycles. The van der Waals surface area contributed by atoms with Gasteiger partial charge in [-0.25, -0.2) is 0 Å². The molecule has 1 saturated heterocycles. The van der Waals surface area contributed by atoms with E-state index in [1.807, 2.05) is 26.0 Å². The summed E-state index contributed by atoms with van der Waals surface area (Å²) in [6.45, 7) is 8.40. The molecule has 1 fully saturated rings. The lowest BCUT2D eigenvalue weighted by Crippen LogP contribution is -2.44. The van der Waals surface area contributed by atoms with Gasteiger partial charge in [0.05, 0.1) is 0 Å². The number of hydrogen-bond donors (Lipinski definition) is 1. The predicted molar refractivity (Wildman–Crippen MR) is 94.9 cm³/mol. The quantitative estimate of drug-likeness (QED) is 0.643. The molecule has 0 bridgehead atoms. The Hall–Kier alpha value is -2.32. The van der Waals surface area contributed by atoms with Gasteiger partial charge in [-0.2, -0.15) is 5.26 Å². The van der Waals surface area contributed by atoms with Crippen LogP contribution in [0.2, 0.25) is 0 Å². The van der Waals surface area contributed by atoms with Crippen molar-refractivity contribution in [1.82, 2.24) is 15.1 Å². The van der Waals surface area contributed by atoms with E-state index in [0.29, 0.717) is 0 Å². The van der Waals surface area contributed by atoms with Crippen molar-refractivity contribution in [3.8, 4) is 6.07 Å². The summed E-state index contributed by atoms with van der Waals surface area (Å²) in [7, 11) is 0. The van der Waals surface area contributed by atoms with Gasteiger partial charge in [0.15, 0.2) is 0 Å². The van der Waals surface area contributed by atoms with Crippen LogP contribution in [-0.2, 0) is 11.3 Å². The lowest BCUT2D eigenvalue weighted by atomic mass is 10.2. The number of carbonyl (C=O) groups excluding carboxylic acids is 1. The summed E-state index contributed by atoms with van der Waals surface area (Å²) in [4.78, 5) is 16.5. The Morgan fingerprint density at radius 2 is 1.96 bits per heavy atom. The topological polar surface area (TPSA) is 59.4 Å². The Morgan fingerprint density at radius 1 is 1.29 bits per heavy atom. The standard InChI is InChI=1S/C19H26N4O/c1-3-16(2)21-19(24)18(13-20)15-23-11-9-22(10-12-23)14-17-7-5-4-6-8-17/h4-8,15-16H,3,9-12,14H2,1-2H3,(H,21,24)/b18-15-. The van der Waals surface area contributed by atoms with E-state index >= 15 is 0 Å². The van der Waals surface area contributed by atoms with Crippen LogP contribution in [0, 0.1) is 11.3 Å². The van der Waals surface area contributed by atoms with E-state index in [0.717, 1.165) is 39.1 Å². The number of nitriles is 1. The molecule has 1 heterocycles. The molecule has 1 aliphatic heterocycles. The Morgan fingerprint density at radius 3 is 2.54 bits per heavy atom. The monoisotopic (exact) mass is 326 g/mol. The second-order valence-electron chi connectivity index (χ2n) is 6.24. The zero-order valence-electron chi connectivity index (χ0n) is 14.5. The molecule has 2 rings (SSSR count). The molecule has 1 aromatic rings. The maximum absolute atomic E-state index is 12.1. The number of amides is 1. The number of piperazine rings is 1. The van der Waals surface area contributed by atoms with Crippen molar-refractivity contribution < 1.29 is 4.79 Å². The largest absolute Gasteiger partial charge is 0.374 e. The lowest BCUT2D eigenvalue weighted by Gasteiger charge is -2.34. The third-order valence-electron chi connectivity index (χ3n) is 4.32. The van der Waals surface area contributed by atoms with Crippen LogP contribution in [-0.4, -0.2) is 47.9 Å². The van der Waals surface area contributed by atoms with Crippen molar-refractivity contribution in [2.24, 2.45) is 0 Å². The fourth-order valence-corrected chi connectivity index (χ4v) is 2.62. The molecule has 24 heavy (non-hydrogen) atoms. The molecule has 1 aromatic carbocycles. The molecule has 1 amide bonds. The number of nitrogens with one attached hydrogen (secondary N) is 1. The minimum atomic E-state index is -0.279. The first-order valence-electron chi connectivity index (χ1n) is 8.55. The van der Waals surface area contributed by atoms with Gasteiger partial charge in [-0.1, -0.05) is 37.3 Å². The number of nitrogens with zero attached hydrogens (tertiary/aromatic N) is 3. The first kappa shape index (κ1) is 18.0. The Kier molecular flexibility index (Phi) is 6.83. The van der Waals surface area contributed by atoms with Crippen molar-refractivity contribution in [3.63, 3.8) is 0 Å². The number of rotatable bonds is 6. The molecule has 5 nitrogen and oxygen atoms in total. The lowest BCUT2D eigenvalue weighted by molar-refractivity contribution is -0.117. The molecule has 128 valence electrons. The van der Waals surface area contributed by atoms with E-state index in [9.17, 15) is 10.1 Å². The van der Waals surface area contributed by atoms with Gasteiger partial charge in [-0.15, -0.1) is 0 Å². The van der Waals surface area contributed by atoms with Crippen LogP contribution >= 0.6 is 0 Å². The fraction of sp³-hybridized carbons (Fsp3) is 0.474. The zero-order chi connectivity index (χ0) is 17.4. The predicted octanol–water partition coefficient (Wildman–Crippen LogP) is 2.13. The molecule has 1 unspecified atom stereocenters. The Bertz CT molecular complexity index is 598. The minimum Gasteiger partial charge on any atom is -0.374 e. The number of hydrogen-bond acceptors (Lipinski definition) is 4. The van der Waals surface area contributed by atoms with Gasteiger partial charge in [0.1, 0.15) is 11.6 Å². The number of carbonyl (C=O) groups is 1. The second kappa shape index (κ2) is 9.09. The Balaban J connectivity index is 1.86. The highest BCUT2D eigenvalue weighted by Gasteiger charge is 2.18. The molecule has 0 radical (unpaired) electrons. The van der Waals surface area contributed by atoms with E-state index in [4.69, 9.17) is 0 Å². The fourth-order valence-electron chi connectivity index (χ4n) is 2.62. The van der Waals surface area contributed by atoms with Gasteiger partial charge in [0.25, 0.3) is 5.91 Å². The van der Waals surface area contributed by atoms with E-state index in [1.54, 1.807) is 6.20 Å². The highest BCUT2D eigenvalue weighted by atomic mass is 16.1. The maximum Gasteiger partial charge on any atom is 0.263 e. The Labute approximate surface area is 144 Å².